The van der Waals surface area contributed by atoms with E-state index in [4.69, 9.17) is 13.7 Å². The lowest BCUT2D eigenvalue weighted by atomic mass is 10.2. The monoisotopic (exact) mass is 539 g/mol. The molecule has 0 saturated carbocycles. The summed E-state index contributed by atoms with van der Waals surface area (Å²) in [6.45, 7) is 4.24. The average molecular weight is 539 g/mol. The van der Waals surface area contributed by atoms with E-state index in [-0.39, 0.29) is 24.0 Å². The summed E-state index contributed by atoms with van der Waals surface area (Å²) in [6.07, 6.45) is 5.52. The van der Waals surface area contributed by atoms with Crippen LogP contribution in [0.4, 0.5) is 0 Å². The summed E-state index contributed by atoms with van der Waals surface area (Å²) < 4.78 is 15.9. The van der Waals surface area contributed by atoms with Gasteiger partial charge < -0.3 is 24.3 Å². The lowest BCUT2D eigenvalue weighted by molar-refractivity contribution is 0.374. The molecule has 0 aliphatic heterocycles. The molecule has 0 amide bonds. The van der Waals surface area contributed by atoms with Crippen LogP contribution in [0, 0.1) is 0 Å². The first-order chi connectivity index (χ1) is 14.8. The number of benzene rings is 1. The van der Waals surface area contributed by atoms with Gasteiger partial charge in [0, 0.05) is 25.1 Å². The maximum atomic E-state index is 5.37. The van der Waals surface area contributed by atoms with Gasteiger partial charge in [0.1, 0.15) is 18.1 Å². The van der Waals surface area contributed by atoms with E-state index in [0.717, 1.165) is 61.8 Å². The molecule has 3 aromatic rings. The summed E-state index contributed by atoms with van der Waals surface area (Å²) >= 11 is 0. The van der Waals surface area contributed by atoms with E-state index in [1.54, 1.807) is 13.4 Å². The fourth-order valence-electron chi connectivity index (χ4n) is 2.90. The van der Waals surface area contributed by atoms with E-state index in [1.807, 2.05) is 36.4 Å². The maximum absolute atomic E-state index is 5.37. The number of aryl methyl sites for hydroxylation is 1. The Kier molecular flexibility index (Phi) is 10.9. The second kappa shape index (κ2) is 13.7. The highest BCUT2D eigenvalue weighted by atomic mass is 127. The van der Waals surface area contributed by atoms with Crippen LogP contribution in [0.5, 0.6) is 5.75 Å². The highest BCUT2D eigenvalue weighted by Crippen LogP contribution is 2.20. The number of aliphatic imine (C=N–C) groups is 1. The van der Waals surface area contributed by atoms with Gasteiger partial charge in [0.2, 0.25) is 11.7 Å². The first kappa shape index (κ1) is 24.7. The number of nitrogens with zero attached hydrogens (tertiary/aromatic N) is 3. The third-order valence-corrected chi connectivity index (χ3v) is 4.49. The Bertz CT molecular complexity index is 894. The molecule has 0 aliphatic carbocycles. The fourth-order valence-corrected chi connectivity index (χ4v) is 2.90. The molecular formula is C22H30IN5O3. The van der Waals surface area contributed by atoms with E-state index in [1.165, 1.54) is 0 Å². The van der Waals surface area contributed by atoms with Gasteiger partial charge in [-0.15, -0.1) is 24.0 Å². The molecule has 0 spiro atoms. The van der Waals surface area contributed by atoms with Crippen LogP contribution < -0.4 is 15.4 Å². The predicted molar refractivity (Wildman–Crippen MR) is 131 cm³/mol. The van der Waals surface area contributed by atoms with Gasteiger partial charge in [-0.3, -0.25) is 0 Å². The molecule has 0 fully saturated rings. The van der Waals surface area contributed by atoms with E-state index in [2.05, 4.69) is 32.7 Å². The molecule has 9 heteroatoms. The molecule has 0 saturated heterocycles. The zero-order chi connectivity index (χ0) is 21.0. The Morgan fingerprint density at radius 1 is 1.10 bits per heavy atom. The zero-order valence-corrected chi connectivity index (χ0v) is 20.3. The Balaban J connectivity index is 0.00000341. The minimum atomic E-state index is 0. The Hall–Kier alpha value is -2.56. The minimum Gasteiger partial charge on any atom is -0.497 e. The van der Waals surface area contributed by atoms with Crippen molar-refractivity contribution in [1.29, 1.82) is 0 Å². The van der Waals surface area contributed by atoms with Gasteiger partial charge in [-0.2, -0.15) is 4.98 Å². The van der Waals surface area contributed by atoms with Gasteiger partial charge in [-0.1, -0.05) is 11.6 Å². The molecule has 2 aromatic heterocycles. The summed E-state index contributed by atoms with van der Waals surface area (Å²) in [4.78, 5) is 9.01. The molecule has 0 radical (unpaired) electrons. The third kappa shape index (κ3) is 8.23. The Morgan fingerprint density at radius 3 is 2.65 bits per heavy atom. The third-order valence-electron chi connectivity index (χ3n) is 4.49. The van der Waals surface area contributed by atoms with Crippen molar-refractivity contribution >= 4 is 29.9 Å². The standard InChI is InChI=1S/C22H29N5O3.HI/c1-3-23-22(25-16-19-8-7-15-29-19)24-14-6-4-5-9-20-26-21(27-30-20)17-10-12-18(28-2)13-11-17;/h7-8,10-13,15H,3-6,9,14,16H2,1-2H3,(H2,23,24,25);1H. The number of unbranched alkanes of at least 4 members (excludes halogenated alkanes) is 2. The largest absolute Gasteiger partial charge is 0.497 e. The SMILES string of the molecule is CCNC(=NCc1ccco1)NCCCCCc1nc(-c2ccc(OC)cc2)no1.I. The number of halogens is 1. The Morgan fingerprint density at radius 2 is 1.94 bits per heavy atom. The molecule has 168 valence electrons. The second-order valence-corrected chi connectivity index (χ2v) is 6.75. The van der Waals surface area contributed by atoms with E-state index >= 15 is 0 Å². The van der Waals surface area contributed by atoms with Crippen molar-refractivity contribution in [2.75, 3.05) is 20.2 Å². The summed E-state index contributed by atoms with van der Waals surface area (Å²) in [7, 11) is 1.64. The number of rotatable bonds is 11. The van der Waals surface area contributed by atoms with Crippen molar-refractivity contribution in [3.8, 4) is 17.1 Å². The first-order valence-electron chi connectivity index (χ1n) is 10.3. The van der Waals surface area contributed by atoms with Crippen molar-refractivity contribution in [3.05, 3.63) is 54.3 Å². The van der Waals surface area contributed by atoms with Crippen LogP contribution in [0.15, 0.2) is 56.6 Å². The van der Waals surface area contributed by atoms with Gasteiger partial charge in [-0.05, 0) is 56.2 Å². The molecule has 0 bridgehead atoms. The molecule has 2 heterocycles. The number of hydrogen-bond acceptors (Lipinski definition) is 6. The van der Waals surface area contributed by atoms with Crippen molar-refractivity contribution < 1.29 is 13.7 Å². The van der Waals surface area contributed by atoms with Gasteiger partial charge in [0.05, 0.1) is 13.4 Å². The summed E-state index contributed by atoms with van der Waals surface area (Å²) in [6, 6.07) is 11.4. The van der Waals surface area contributed by atoms with Crippen LogP contribution in [0.2, 0.25) is 0 Å². The van der Waals surface area contributed by atoms with Gasteiger partial charge >= 0.3 is 0 Å². The van der Waals surface area contributed by atoms with Gasteiger partial charge in [0.15, 0.2) is 5.96 Å². The molecule has 3 rings (SSSR count). The quantitative estimate of drug-likeness (QED) is 0.161. The number of furan rings is 1. The lowest BCUT2D eigenvalue weighted by Crippen LogP contribution is -2.37. The summed E-state index contributed by atoms with van der Waals surface area (Å²) in [5.74, 6) is 3.73. The average Bonchev–Trinajstić information content (AvgIpc) is 3.46. The minimum absolute atomic E-state index is 0. The molecule has 1 aromatic carbocycles. The molecule has 2 N–H and O–H groups in total. The smallest absolute Gasteiger partial charge is 0.226 e. The van der Waals surface area contributed by atoms with E-state index in [9.17, 15) is 0 Å². The molecule has 31 heavy (non-hydrogen) atoms. The zero-order valence-electron chi connectivity index (χ0n) is 18.0. The number of nitrogens with one attached hydrogen (secondary N) is 2. The number of hydrogen-bond donors (Lipinski definition) is 2. The first-order valence-corrected chi connectivity index (χ1v) is 10.3. The van der Waals surface area contributed by atoms with E-state index < -0.39 is 0 Å². The van der Waals surface area contributed by atoms with Crippen LogP contribution in [0.3, 0.4) is 0 Å². The second-order valence-electron chi connectivity index (χ2n) is 6.75. The summed E-state index contributed by atoms with van der Waals surface area (Å²) in [5.41, 5.74) is 0.916. The molecule has 0 aliphatic rings. The maximum Gasteiger partial charge on any atom is 0.226 e. The summed E-state index contributed by atoms with van der Waals surface area (Å²) in [5, 5.41) is 10.7. The molecule has 0 atom stereocenters. The van der Waals surface area contributed by atoms with Gasteiger partial charge in [-0.25, -0.2) is 4.99 Å². The van der Waals surface area contributed by atoms with Crippen molar-refractivity contribution in [1.82, 2.24) is 20.8 Å². The van der Waals surface area contributed by atoms with Crippen LogP contribution in [-0.2, 0) is 13.0 Å². The molecular weight excluding hydrogens is 509 g/mol. The lowest BCUT2D eigenvalue weighted by Gasteiger charge is -2.10. The predicted octanol–water partition coefficient (Wildman–Crippen LogP) is 4.42. The Labute approximate surface area is 199 Å². The van der Waals surface area contributed by atoms with Gasteiger partial charge in [0.25, 0.3) is 0 Å². The molecule has 8 nitrogen and oxygen atoms in total. The highest BCUT2D eigenvalue weighted by Gasteiger charge is 2.08. The number of aromatic nitrogens is 2. The van der Waals surface area contributed by atoms with Crippen LogP contribution >= 0.6 is 24.0 Å². The normalized spacial score (nSPS) is 11.1. The number of ether oxygens (including phenoxy) is 1. The fraction of sp³-hybridized carbons (Fsp3) is 0.409. The van der Waals surface area contributed by atoms with Crippen molar-refractivity contribution in [2.45, 2.75) is 39.2 Å². The van der Waals surface area contributed by atoms with E-state index in [0.29, 0.717) is 18.3 Å². The van der Waals surface area contributed by atoms with Crippen LogP contribution in [0.1, 0.15) is 37.8 Å². The van der Waals surface area contributed by atoms with Crippen molar-refractivity contribution in [3.63, 3.8) is 0 Å². The van der Waals surface area contributed by atoms with Crippen molar-refractivity contribution in [2.24, 2.45) is 4.99 Å². The highest BCUT2D eigenvalue weighted by molar-refractivity contribution is 14.0. The van der Waals surface area contributed by atoms with Crippen LogP contribution in [0.25, 0.3) is 11.4 Å². The molecule has 0 unspecified atom stereocenters. The topological polar surface area (TPSA) is 97.7 Å². The number of methoxy groups -OCH3 is 1. The number of guanidine groups is 1. The van der Waals surface area contributed by atoms with Crippen LogP contribution in [-0.4, -0.2) is 36.3 Å².